The summed E-state index contributed by atoms with van der Waals surface area (Å²) in [5.74, 6) is -1.39. The number of ketones is 1. The average molecular weight is 767 g/mol. The van der Waals surface area contributed by atoms with Crippen LogP contribution in [0.15, 0.2) is 146 Å². The second-order valence-electron chi connectivity index (χ2n) is 14.9. The number of nitro groups is 1. The number of carbonyl (C=O) groups is 3. The van der Waals surface area contributed by atoms with Gasteiger partial charge in [-0.2, -0.15) is 0 Å². The van der Waals surface area contributed by atoms with Gasteiger partial charge in [-0.25, -0.2) is 4.90 Å². The Labute approximate surface area is 330 Å². The lowest BCUT2D eigenvalue weighted by Gasteiger charge is -2.39. The van der Waals surface area contributed by atoms with Crippen LogP contribution < -0.4 is 23.8 Å². The Morgan fingerprint density at radius 2 is 0.931 bits per heavy atom. The monoisotopic (exact) mass is 766 g/mol. The highest BCUT2D eigenvalue weighted by Gasteiger charge is 2.82. The normalized spacial score (nSPS) is 23.5. The van der Waals surface area contributed by atoms with Crippen molar-refractivity contribution in [1.29, 1.82) is 0 Å². The maximum Gasteiger partial charge on any atom is 0.269 e. The van der Waals surface area contributed by atoms with Crippen LogP contribution >= 0.6 is 0 Å². The van der Waals surface area contributed by atoms with Gasteiger partial charge in [0, 0.05) is 12.1 Å². The van der Waals surface area contributed by atoms with Crippen molar-refractivity contribution in [3.8, 4) is 34.1 Å². The van der Waals surface area contributed by atoms with Crippen LogP contribution in [0.1, 0.15) is 22.3 Å². The van der Waals surface area contributed by atoms with Gasteiger partial charge in [0.25, 0.3) is 5.69 Å². The molecule has 6 aromatic carbocycles. The smallest absolute Gasteiger partial charge is 0.269 e. The fourth-order valence-electron chi connectivity index (χ4n) is 10.1. The summed E-state index contributed by atoms with van der Waals surface area (Å²) in [5, 5.41) is 11.3. The first-order chi connectivity index (χ1) is 28.3. The predicted molar refractivity (Wildman–Crippen MR) is 211 cm³/mol. The number of nitrogens with zero attached hydrogens (tertiary/aromatic N) is 2. The number of non-ortho nitro benzene ring substituents is 1. The summed E-state index contributed by atoms with van der Waals surface area (Å²) in [7, 11) is 0. The topological polar surface area (TPSA) is 135 Å². The molecule has 0 N–H and O–H groups in total. The number of nitro benzene ring substituents is 1. The molecule has 2 bridgehead atoms. The van der Waals surface area contributed by atoms with Gasteiger partial charge in [0.2, 0.25) is 25.4 Å². The molecule has 11 rings (SSSR count). The van der Waals surface area contributed by atoms with Crippen molar-refractivity contribution >= 4 is 40.1 Å². The summed E-state index contributed by atoms with van der Waals surface area (Å²) in [6, 6.07) is 42.8. The number of carbonyl (C=O) groups excluding carboxylic acids is 3. The first-order valence-corrected chi connectivity index (χ1v) is 18.8. The molecule has 0 spiro atoms. The number of hydrogen-bond acceptors (Lipinski definition) is 9. The summed E-state index contributed by atoms with van der Waals surface area (Å²) in [6.45, 7) is 0.0817. The molecule has 1 saturated heterocycles. The van der Waals surface area contributed by atoms with E-state index < -0.39 is 39.4 Å². The summed E-state index contributed by atoms with van der Waals surface area (Å²) in [4.78, 5) is 59.4. The number of fused-ring (bicyclic) bond motifs is 7. The second kappa shape index (κ2) is 12.2. The molecule has 5 aliphatic rings. The van der Waals surface area contributed by atoms with Crippen molar-refractivity contribution < 1.29 is 38.3 Å². The third-order valence-electron chi connectivity index (χ3n) is 12.3. The van der Waals surface area contributed by atoms with E-state index in [1.54, 1.807) is 36.4 Å². The summed E-state index contributed by atoms with van der Waals surface area (Å²) in [6.07, 6.45) is 0. The van der Waals surface area contributed by atoms with Crippen molar-refractivity contribution in [1.82, 2.24) is 0 Å². The van der Waals surface area contributed by atoms with Gasteiger partial charge >= 0.3 is 0 Å². The number of benzene rings is 6. The van der Waals surface area contributed by atoms with Crippen LogP contribution in [0.5, 0.6) is 23.0 Å². The first-order valence-electron chi connectivity index (χ1n) is 18.8. The maximum absolute atomic E-state index is 16.3. The molecule has 282 valence electrons. The lowest BCUT2D eigenvalue weighted by atomic mass is 9.59. The Bertz CT molecular complexity index is 2650. The van der Waals surface area contributed by atoms with E-state index in [-0.39, 0.29) is 25.1 Å². The van der Waals surface area contributed by atoms with E-state index in [2.05, 4.69) is 0 Å². The molecule has 2 fully saturated rings. The van der Waals surface area contributed by atoms with E-state index in [0.29, 0.717) is 62.1 Å². The number of rotatable bonds is 7. The molecule has 0 radical (unpaired) electrons. The van der Waals surface area contributed by atoms with Crippen molar-refractivity contribution in [3.05, 3.63) is 178 Å². The molecular formula is C47H30N2O9. The molecule has 0 unspecified atom stereocenters. The largest absolute Gasteiger partial charge is 0.454 e. The van der Waals surface area contributed by atoms with Gasteiger partial charge in [-0.05, 0) is 93.1 Å². The highest BCUT2D eigenvalue weighted by molar-refractivity contribution is 6.39. The average Bonchev–Trinajstić information content (AvgIpc) is 4.07. The molecule has 4 atom stereocenters. The number of allylic oxidation sites excluding steroid dienone is 2. The lowest BCUT2D eigenvalue weighted by Crippen LogP contribution is -2.45. The van der Waals surface area contributed by atoms with Gasteiger partial charge in [-0.15, -0.1) is 0 Å². The molecule has 6 aromatic rings. The molecular weight excluding hydrogens is 737 g/mol. The van der Waals surface area contributed by atoms with Crippen LogP contribution in [0.25, 0.3) is 22.3 Å². The minimum Gasteiger partial charge on any atom is -0.454 e. The second-order valence-corrected chi connectivity index (χ2v) is 14.9. The van der Waals surface area contributed by atoms with Gasteiger partial charge in [0.1, 0.15) is 0 Å². The third kappa shape index (κ3) is 4.35. The van der Waals surface area contributed by atoms with Crippen molar-refractivity contribution in [2.75, 3.05) is 18.5 Å². The minimum absolute atomic E-state index is 0.0297. The summed E-state index contributed by atoms with van der Waals surface area (Å²) < 4.78 is 23.2. The molecule has 0 aromatic heterocycles. The minimum atomic E-state index is -1.64. The van der Waals surface area contributed by atoms with E-state index in [1.807, 2.05) is 97.1 Å². The van der Waals surface area contributed by atoms with Gasteiger partial charge < -0.3 is 18.9 Å². The molecule has 1 saturated carbocycles. The van der Waals surface area contributed by atoms with E-state index >= 15 is 14.4 Å². The fourth-order valence-corrected chi connectivity index (χ4v) is 10.1. The van der Waals surface area contributed by atoms with E-state index in [4.69, 9.17) is 18.9 Å². The predicted octanol–water partition coefficient (Wildman–Crippen LogP) is 7.91. The fraction of sp³-hybridized carbons (Fsp3) is 0.128. The van der Waals surface area contributed by atoms with Crippen LogP contribution in [0.4, 0.5) is 11.4 Å². The Morgan fingerprint density at radius 3 is 1.38 bits per heavy atom. The van der Waals surface area contributed by atoms with Crippen molar-refractivity contribution in [2.24, 2.45) is 11.8 Å². The van der Waals surface area contributed by atoms with Crippen LogP contribution in [-0.4, -0.2) is 36.1 Å². The van der Waals surface area contributed by atoms with E-state index in [1.165, 1.54) is 17.0 Å². The SMILES string of the molecule is O=C1[C@@H]2[C@@H](C(=O)N1c1ccc(-c3ccc([N+](=O)[O-])cc3)cc1)[C@@]1(c3ccccc3)C(=O)[C@@]2(c2ccccc2)C(c2ccc3c(c2)OCO3)=C1c1ccc2c(c1)OCO2. The number of anilines is 1. The summed E-state index contributed by atoms with van der Waals surface area (Å²) in [5.41, 5.74) is 2.20. The van der Waals surface area contributed by atoms with Crippen LogP contribution in [0, 0.1) is 22.0 Å². The van der Waals surface area contributed by atoms with Crippen molar-refractivity contribution in [2.45, 2.75) is 10.8 Å². The molecule has 3 aliphatic heterocycles. The third-order valence-corrected chi connectivity index (χ3v) is 12.3. The molecule has 11 heteroatoms. The zero-order valence-electron chi connectivity index (χ0n) is 30.5. The van der Waals surface area contributed by atoms with Crippen LogP contribution in [0.3, 0.4) is 0 Å². The molecule has 11 nitrogen and oxygen atoms in total. The van der Waals surface area contributed by atoms with E-state index in [0.717, 1.165) is 11.1 Å². The number of imide groups is 1. The first kappa shape index (κ1) is 33.8. The molecule has 2 amide bonds. The lowest BCUT2D eigenvalue weighted by molar-refractivity contribution is -0.384. The van der Waals surface area contributed by atoms with Crippen LogP contribution in [-0.2, 0) is 25.2 Å². The Morgan fingerprint density at radius 1 is 0.517 bits per heavy atom. The van der Waals surface area contributed by atoms with Crippen LogP contribution in [0.2, 0.25) is 0 Å². The number of Topliss-reactive ketones (excluding diaryl/α,β-unsaturated/α-hetero) is 1. The molecule has 3 heterocycles. The zero-order valence-corrected chi connectivity index (χ0v) is 30.5. The van der Waals surface area contributed by atoms with Crippen molar-refractivity contribution in [3.63, 3.8) is 0 Å². The molecule has 58 heavy (non-hydrogen) atoms. The Hall–Kier alpha value is -7.53. The van der Waals surface area contributed by atoms with Gasteiger partial charge in [-0.3, -0.25) is 24.5 Å². The Kier molecular flexibility index (Phi) is 7.12. The number of amides is 2. The standard InChI is InChI=1S/C47H30N2O9/c50-43-41-42(44(51)48(43)33-17-11-27(12-18-33)28-13-19-34(20-14-28)49(53)54)47(32-9-5-2-6-10-32)40(30-16-22-36-38(24-30)58-26-56-36)39(29-15-21-35-37(23-29)57-25-55-35)46(41,45(47)52)31-7-3-1-4-8-31/h1-24,41-42H,25-26H2/t41-,42-,46-,47-/m0/s1. The van der Waals surface area contributed by atoms with Gasteiger partial charge in [0.05, 0.1) is 33.3 Å². The number of hydrogen-bond donors (Lipinski definition) is 0. The highest BCUT2D eigenvalue weighted by atomic mass is 16.7. The maximum atomic E-state index is 16.3. The molecule has 2 aliphatic carbocycles. The number of ether oxygens (including phenoxy) is 4. The quantitative estimate of drug-likeness (QED) is 0.0903. The zero-order chi connectivity index (χ0) is 39.3. The highest BCUT2D eigenvalue weighted by Crippen LogP contribution is 2.74. The van der Waals surface area contributed by atoms with Gasteiger partial charge in [0.15, 0.2) is 28.8 Å². The Balaban J connectivity index is 1.18. The summed E-state index contributed by atoms with van der Waals surface area (Å²) >= 11 is 0. The van der Waals surface area contributed by atoms with E-state index in [9.17, 15) is 10.1 Å². The van der Waals surface area contributed by atoms with Gasteiger partial charge in [-0.1, -0.05) is 84.9 Å².